The molecule has 0 aliphatic rings. The summed E-state index contributed by atoms with van der Waals surface area (Å²) < 4.78 is 7.11. The lowest BCUT2D eigenvalue weighted by Crippen LogP contribution is -2.66. The Hall–Kier alpha value is -2.69. The molecular formula is C30H39NO2Si. The van der Waals surface area contributed by atoms with Crippen molar-refractivity contribution < 1.29 is 9.22 Å². The van der Waals surface area contributed by atoms with Gasteiger partial charge < -0.3 is 9.74 Å². The van der Waals surface area contributed by atoms with E-state index in [9.17, 15) is 4.79 Å². The number of hydrogen-bond acceptors (Lipinski definition) is 2. The van der Waals surface area contributed by atoms with Crippen LogP contribution in [0.15, 0.2) is 91.0 Å². The number of carbonyl (C=O) groups is 1. The van der Waals surface area contributed by atoms with Crippen LogP contribution in [-0.4, -0.2) is 26.9 Å². The van der Waals surface area contributed by atoms with Crippen LogP contribution in [0, 0.1) is 5.92 Å². The van der Waals surface area contributed by atoms with Gasteiger partial charge in [0.2, 0.25) is 5.91 Å². The number of hydrogen-bond donors (Lipinski definition) is 1. The Kier molecular flexibility index (Phi) is 8.87. The summed E-state index contributed by atoms with van der Waals surface area (Å²) >= 11 is 0. The van der Waals surface area contributed by atoms with Crippen LogP contribution in [0.25, 0.3) is 0 Å². The molecule has 3 nitrogen and oxygen atoms in total. The summed E-state index contributed by atoms with van der Waals surface area (Å²) in [6.45, 7) is 11.4. The Labute approximate surface area is 206 Å². The van der Waals surface area contributed by atoms with Gasteiger partial charge in [0.05, 0.1) is 0 Å². The third kappa shape index (κ3) is 6.46. The molecule has 2 atom stereocenters. The molecule has 0 aliphatic heterocycles. The fourth-order valence-corrected chi connectivity index (χ4v) is 9.65. The van der Waals surface area contributed by atoms with E-state index in [1.54, 1.807) is 6.92 Å². The molecule has 34 heavy (non-hydrogen) atoms. The van der Waals surface area contributed by atoms with Crippen LogP contribution in [-0.2, 0) is 15.6 Å². The number of benzene rings is 3. The van der Waals surface area contributed by atoms with Gasteiger partial charge in [-0.15, -0.1) is 0 Å². The van der Waals surface area contributed by atoms with Crippen LogP contribution in [0.2, 0.25) is 5.04 Å². The lowest BCUT2D eigenvalue weighted by atomic mass is 9.96. The Balaban J connectivity index is 1.84. The molecule has 0 bridgehead atoms. The molecule has 4 heteroatoms. The van der Waals surface area contributed by atoms with Crippen LogP contribution in [0.1, 0.15) is 46.6 Å². The van der Waals surface area contributed by atoms with Gasteiger partial charge in [-0.1, -0.05) is 119 Å². The summed E-state index contributed by atoms with van der Waals surface area (Å²) in [7, 11) is -2.56. The van der Waals surface area contributed by atoms with E-state index in [4.69, 9.17) is 4.43 Å². The van der Waals surface area contributed by atoms with E-state index in [0.29, 0.717) is 12.5 Å². The fraction of sp³-hybridized carbons (Fsp3) is 0.367. The maximum absolute atomic E-state index is 11.9. The summed E-state index contributed by atoms with van der Waals surface area (Å²) in [4.78, 5) is 11.9. The second-order valence-electron chi connectivity index (χ2n) is 10.4. The van der Waals surface area contributed by atoms with E-state index in [0.717, 1.165) is 12.8 Å². The van der Waals surface area contributed by atoms with Crippen molar-refractivity contribution in [2.24, 2.45) is 5.92 Å². The van der Waals surface area contributed by atoms with E-state index in [2.05, 4.69) is 118 Å². The predicted octanol–water partition coefficient (Wildman–Crippen LogP) is 5.34. The van der Waals surface area contributed by atoms with Crippen LogP contribution in [0.4, 0.5) is 0 Å². The van der Waals surface area contributed by atoms with Gasteiger partial charge in [-0.3, -0.25) is 4.79 Å². The normalized spacial score (nSPS) is 13.8. The molecule has 0 unspecified atom stereocenters. The molecule has 0 saturated carbocycles. The van der Waals surface area contributed by atoms with E-state index < -0.39 is 8.32 Å². The topological polar surface area (TPSA) is 38.3 Å². The minimum atomic E-state index is -2.56. The van der Waals surface area contributed by atoms with Gasteiger partial charge in [0, 0.05) is 19.6 Å². The van der Waals surface area contributed by atoms with Crippen molar-refractivity contribution in [1.82, 2.24) is 5.32 Å². The molecular weight excluding hydrogens is 434 g/mol. The van der Waals surface area contributed by atoms with E-state index >= 15 is 0 Å². The molecule has 0 heterocycles. The highest BCUT2D eigenvalue weighted by atomic mass is 28.4. The number of nitrogens with one attached hydrogen (secondary N) is 1. The summed E-state index contributed by atoms with van der Waals surface area (Å²) in [5.74, 6) is 0.309. The van der Waals surface area contributed by atoms with Crippen molar-refractivity contribution in [2.45, 2.75) is 58.5 Å². The summed E-state index contributed by atoms with van der Waals surface area (Å²) in [6, 6.07) is 32.0. The average molecular weight is 474 g/mol. The first kappa shape index (κ1) is 25.9. The van der Waals surface area contributed by atoms with E-state index in [1.807, 2.05) is 6.07 Å². The SMILES string of the molecule is CC(=O)N[C@@H](Cc1ccccc1)C[C@@H](C)CO[Si](c1ccccc1)(c1ccccc1)C(C)(C)C. The van der Waals surface area contributed by atoms with Crippen molar-refractivity contribution in [2.75, 3.05) is 6.61 Å². The van der Waals surface area contributed by atoms with Gasteiger partial charge in [-0.2, -0.15) is 0 Å². The lowest BCUT2D eigenvalue weighted by Gasteiger charge is -2.43. The van der Waals surface area contributed by atoms with Gasteiger partial charge in [0.15, 0.2) is 0 Å². The van der Waals surface area contributed by atoms with Crippen molar-refractivity contribution in [3.63, 3.8) is 0 Å². The summed E-state index contributed by atoms with van der Waals surface area (Å²) in [6.07, 6.45) is 1.69. The molecule has 0 fully saturated rings. The van der Waals surface area contributed by atoms with Crippen LogP contribution in [0.5, 0.6) is 0 Å². The monoisotopic (exact) mass is 473 g/mol. The van der Waals surface area contributed by atoms with Gasteiger partial charge in [-0.05, 0) is 39.7 Å². The minimum absolute atomic E-state index is 0.0148. The summed E-state index contributed by atoms with van der Waals surface area (Å²) in [5.41, 5.74) is 1.24. The third-order valence-electron chi connectivity index (χ3n) is 6.42. The van der Waals surface area contributed by atoms with Crippen molar-refractivity contribution >= 4 is 24.6 Å². The molecule has 3 rings (SSSR count). The minimum Gasteiger partial charge on any atom is -0.407 e. The Morgan fingerprint density at radius 3 is 1.76 bits per heavy atom. The maximum Gasteiger partial charge on any atom is 0.261 e. The molecule has 180 valence electrons. The van der Waals surface area contributed by atoms with Gasteiger partial charge in [0.25, 0.3) is 8.32 Å². The first-order valence-corrected chi connectivity index (χ1v) is 14.2. The number of amides is 1. The maximum atomic E-state index is 11.9. The van der Waals surface area contributed by atoms with E-state index in [-0.39, 0.29) is 17.0 Å². The average Bonchev–Trinajstić information content (AvgIpc) is 2.80. The quantitative estimate of drug-likeness (QED) is 0.404. The molecule has 0 aromatic heterocycles. The van der Waals surface area contributed by atoms with E-state index in [1.165, 1.54) is 15.9 Å². The lowest BCUT2D eigenvalue weighted by molar-refractivity contribution is -0.119. The zero-order valence-electron chi connectivity index (χ0n) is 21.3. The fourth-order valence-electron chi connectivity index (χ4n) is 4.96. The third-order valence-corrected chi connectivity index (χ3v) is 11.4. The Bertz CT molecular complexity index is 976. The molecule has 0 saturated heterocycles. The van der Waals surface area contributed by atoms with Crippen molar-refractivity contribution in [3.05, 3.63) is 96.6 Å². The van der Waals surface area contributed by atoms with Gasteiger partial charge in [-0.25, -0.2) is 0 Å². The molecule has 3 aromatic carbocycles. The standard InChI is InChI=1S/C30H39NO2Si/c1-24(21-27(31-25(2)32)22-26-15-9-6-10-16-26)23-33-34(30(3,4)5,28-17-11-7-12-18-28)29-19-13-8-14-20-29/h6-20,24,27H,21-23H2,1-5H3,(H,31,32)/t24-,27-/m1/s1. The first-order chi connectivity index (χ1) is 16.2. The number of carbonyl (C=O) groups excluding carboxylic acids is 1. The Morgan fingerprint density at radius 2 is 1.32 bits per heavy atom. The zero-order valence-corrected chi connectivity index (χ0v) is 22.3. The van der Waals surface area contributed by atoms with Crippen molar-refractivity contribution in [1.29, 1.82) is 0 Å². The van der Waals surface area contributed by atoms with Crippen LogP contribution < -0.4 is 15.7 Å². The number of rotatable bonds is 10. The molecule has 0 spiro atoms. The molecule has 0 aliphatic carbocycles. The second-order valence-corrected chi connectivity index (χ2v) is 14.7. The van der Waals surface area contributed by atoms with Crippen LogP contribution in [0.3, 0.4) is 0 Å². The molecule has 3 aromatic rings. The highest BCUT2D eigenvalue weighted by molar-refractivity contribution is 6.99. The zero-order chi connectivity index (χ0) is 24.6. The first-order valence-electron chi connectivity index (χ1n) is 12.3. The molecule has 1 amide bonds. The smallest absolute Gasteiger partial charge is 0.261 e. The molecule has 1 N–H and O–H groups in total. The molecule has 0 radical (unpaired) electrons. The summed E-state index contributed by atoms with van der Waals surface area (Å²) in [5, 5.41) is 5.71. The van der Waals surface area contributed by atoms with Gasteiger partial charge >= 0.3 is 0 Å². The largest absolute Gasteiger partial charge is 0.407 e. The van der Waals surface area contributed by atoms with Crippen LogP contribution >= 0.6 is 0 Å². The second kappa shape index (κ2) is 11.6. The highest BCUT2D eigenvalue weighted by Crippen LogP contribution is 2.37. The predicted molar refractivity (Wildman–Crippen MR) is 145 cm³/mol. The highest BCUT2D eigenvalue weighted by Gasteiger charge is 2.50. The van der Waals surface area contributed by atoms with Gasteiger partial charge in [0.1, 0.15) is 0 Å². The Morgan fingerprint density at radius 1 is 0.853 bits per heavy atom. The van der Waals surface area contributed by atoms with Crippen molar-refractivity contribution in [3.8, 4) is 0 Å².